The molecule has 1 atom stereocenters. The average molecular weight is 265 g/mol. The molecule has 0 bridgehead atoms. The van der Waals surface area contributed by atoms with Gasteiger partial charge in [-0.1, -0.05) is 6.92 Å². The number of nitrogens with zero attached hydrogens (tertiary/aromatic N) is 1. The van der Waals surface area contributed by atoms with Crippen molar-refractivity contribution in [3.63, 3.8) is 0 Å². The monoisotopic (exact) mass is 265 g/mol. The average Bonchev–Trinajstić information content (AvgIpc) is 2.94. The Labute approximate surface area is 110 Å². The number of carboxylic acids is 1. The van der Waals surface area contributed by atoms with Crippen molar-refractivity contribution in [2.75, 3.05) is 13.1 Å². The molecule has 1 unspecified atom stereocenters. The van der Waals surface area contributed by atoms with E-state index in [1.807, 2.05) is 4.90 Å². The van der Waals surface area contributed by atoms with Crippen molar-refractivity contribution < 1.29 is 14.7 Å². The number of thiophene rings is 1. The molecular weight excluding hydrogens is 250 g/mol. The number of carbonyl (C=O) groups excluding carboxylic acids is 1. The van der Waals surface area contributed by atoms with E-state index in [9.17, 15) is 9.59 Å². The molecule has 0 spiro atoms. The molecule has 0 saturated carbocycles. The van der Waals surface area contributed by atoms with Crippen LogP contribution < -0.4 is 0 Å². The van der Waals surface area contributed by atoms with Gasteiger partial charge in [0.05, 0.1) is 5.56 Å². The van der Waals surface area contributed by atoms with Crippen molar-refractivity contribution in [2.24, 2.45) is 5.92 Å². The second kappa shape index (κ2) is 5.35. The second-order valence-corrected chi connectivity index (χ2v) is 5.50. The van der Waals surface area contributed by atoms with Crippen LogP contribution in [0.5, 0.6) is 0 Å². The fraction of sp³-hybridized carbons (Fsp3) is 0.385. The third kappa shape index (κ3) is 2.98. The molecule has 2 heterocycles. The lowest BCUT2D eigenvalue weighted by atomic mass is 10.2. The third-order valence-electron chi connectivity index (χ3n) is 2.97. The van der Waals surface area contributed by atoms with Crippen LogP contribution in [0, 0.1) is 5.92 Å². The highest BCUT2D eigenvalue weighted by Crippen LogP contribution is 2.22. The topological polar surface area (TPSA) is 57.6 Å². The van der Waals surface area contributed by atoms with Crippen LogP contribution in [0.1, 0.15) is 28.6 Å². The van der Waals surface area contributed by atoms with Gasteiger partial charge in [-0.05, 0) is 24.5 Å². The molecule has 1 aliphatic heterocycles. The smallest absolute Gasteiger partial charge is 0.328 e. The third-order valence-corrected chi connectivity index (χ3v) is 3.87. The van der Waals surface area contributed by atoms with Crippen molar-refractivity contribution in [1.82, 2.24) is 4.90 Å². The molecule has 0 aromatic carbocycles. The Hall–Kier alpha value is -1.62. The van der Waals surface area contributed by atoms with E-state index in [0.717, 1.165) is 30.5 Å². The number of rotatable bonds is 3. The zero-order chi connectivity index (χ0) is 13.1. The van der Waals surface area contributed by atoms with Gasteiger partial charge in [-0.15, -0.1) is 11.3 Å². The highest BCUT2D eigenvalue weighted by molar-refractivity contribution is 7.11. The molecule has 5 heteroatoms. The number of carbonyl (C=O) groups is 2. The molecule has 1 amide bonds. The van der Waals surface area contributed by atoms with Gasteiger partial charge in [0.25, 0.3) is 5.91 Å². The van der Waals surface area contributed by atoms with Gasteiger partial charge in [0, 0.05) is 29.4 Å². The molecule has 1 saturated heterocycles. The molecule has 2 rings (SSSR count). The zero-order valence-electron chi connectivity index (χ0n) is 10.1. The van der Waals surface area contributed by atoms with Gasteiger partial charge in [0.1, 0.15) is 0 Å². The number of hydrogen-bond donors (Lipinski definition) is 1. The SMILES string of the molecule is CC1CCN(C(=O)c2csc(C=CC(=O)O)c2)C1. The first-order valence-electron chi connectivity index (χ1n) is 5.85. The Kier molecular flexibility index (Phi) is 3.81. The Morgan fingerprint density at radius 3 is 2.94 bits per heavy atom. The van der Waals surface area contributed by atoms with Crippen LogP contribution >= 0.6 is 11.3 Å². The molecule has 18 heavy (non-hydrogen) atoms. The fourth-order valence-electron chi connectivity index (χ4n) is 2.01. The van der Waals surface area contributed by atoms with Crippen molar-refractivity contribution in [1.29, 1.82) is 0 Å². The molecule has 1 N–H and O–H groups in total. The summed E-state index contributed by atoms with van der Waals surface area (Å²) in [7, 11) is 0. The maximum atomic E-state index is 12.1. The van der Waals surface area contributed by atoms with Crippen LogP contribution in [0.4, 0.5) is 0 Å². The van der Waals surface area contributed by atoms with Gasteiger partial charge in [0.15, 0.2) is 0 Å². The summed E-state index contributed by atoms with van der Waals surface area (Å²) >= 11 is 1.38. The summed E-state index contributed by atoms with van der Waals surface area (Å²) in [5, 5.41) is 10.3. The lowest BCUT2D eigenvalue weighted by Crippen LogP contribution is -2.27. The van der Waals surface area contributed by atoms with E-state index < -0.39 is 5.97 Å². The van der Waals surface area contributed by atoms with Gasteiger partial charge in [-0.3, -0.25) is 4.79 Å². The maximum absolute atomic E-state index is 12.1. The summed E-state index contributed by atoms with van der Waals surface area (Å²) in [5.74, 6) is -0.366. The number of carboxylic acid groups (broad SMARTS) is 1. The minimum absolute atomic E-state index is 0.0468. The Morgan fingerprint density at radius 1 is 1.56 bits per heavy atom. The molecule has 1 aliphatic rings. The zero-order valence-corrected chi connectivity index (χ0v) is 10.9. The van der Waals surface area contributed by atoms with Gasteiger partial charge in [-0.25, -0.2) is 4.79 Å². The Balaban J connectivity index is 2.05. The van der Waals surface area contributed by atoms with Crippen molar-refractivity contribution in [2.45, 2.75) is 13.3 Å². The van der Waals surface area contributed by atoms with Crippen LogP contribution in [-0.2, 0) is 4.79 Å². The highest BCUT2D eigenvalue weighted by Gasteiger charge is 2.24. The molecule has 1 fully saturated rings. The number of amides is 1. The number of hydrogen-bond acceptors (Lipinski definition) is 3. The largest absolute Gasteiger partial charge is 0.478 e. The fourth-order valence-corrected chi connectivity index (χ4v) is 2.78. The highest BCUT2D eigenvalue weighted by atomic mass is 32.1. The first kappa shape index (κ1) is 12.8. The Bertz CT molecular complexity index is 492. The lowest BCUT2D eigenvalue weighted by Gasteiger charge is -2.14. The molecule has 0 aliphatic carbocycles. The van der Waals surface area contributed by atoms with E-state index in [0.29, 0.717) is 11.5 Å². The quantitative estimate of drug-likeness (QED) is 0.853. The van der Waals surface area contributed by atoms with Gasteiger partial charge in [-0.2, -0.15) is 0 Å². The predicted molar refractivity (Wildman–Crippen MR) is 70.7 cm³/mol. The van der Waals surface area contributed by atoms with Gasteiger partial charge >= 0.3 is 5.97 Å². The standard InChI is InChI=1S/C13H15NO3S/c1-9-4-5-14(7-9)13(17)10-6-11(18-8-10)2-3-12(15)16/h2-3,6,8-9H,4-5,7H2,1H3,(H,15,16). The van der Waals surface area contributed by atoms with Gasteiger partial charge in [0.2, 0.25) is 0 Å². The van der Waals surface area contributed by atoms with Gasteiger partial charge < -0.3 is 10.0 Å². The lowest BCUT2D eigenvalue weighted by molar-refractivity contribution is -0.131. The predicted octanol–water partition coefficient (Wildman–Crippen LogP) is 2.33. The first-order chi connectivity index (χ1) is 8.56. The first-order valence-corrected chi connectivity index (χ1v) is 6.73. The van der Waals surface area contributed by atoms with E-state index in [1.165, 1.54) is 17.4 Å². The van der Waals surface area contributed by atoms with E-state index in [4.69, 9.17) is 5.11 Å². The summed E-state index contributed by atoms with van der Waals surface area (Å²) in [4.78, 5) is 25.2. The van der Waals surface area contributed by atoms with Crippen molar-refractivity contribution in [3.05, 3.63) is 28.0 Å². The van der Waals surface area contributed by atoms with E-state index in [2.05, 4.69) is 6.92 Å². The molecule has 4 nitrogen and oxygen atoms in total. The normalized spacial score (nSPS) is 19.6. The van der Waals surface area contributed by atoms with Crippen LogP contribution in [0.15, 0.2) is 17.5 Å². The van der Waals surface area contributed by atoms with E-state index in [1.54, 1.807) is 11.4 Å². The van der Waals surface area contributed by atoms with E-state index >= 15 is 0 Å². The summed E-state index contributed by atoms with van der Waals surface area (Å²) in [6, 6.07) is 1.75. The van der Waals surface area contributed by atoms with Crippen molar-refractivity contribution >= 4 is 29.3 Å². The minimum Gasteiger partial charge on any atom is -0.478 e. The summed E-state index contributed by atoms with van der Waals surface area (Å²) in [5.41, 5.74) is 0.652. The summed E-state index contributed by atoms with van der Waals surface area (Å²) in [6.07, 6.45) is 3.65. The van der Waals surface area contributed by atoms with E-state index in [-0.39, 0.29) is 5.91 Å². The molecule has 1 aromatic rings. The molecule has 96 valence electrons. The van der Waals surface area contributed by atoms with Crippen LogP contribution in [0.3, 0.4) is 0 Å². The number of likely N-dealkylation sites (tertiary alicyclic amines) is 1. The minimum atomic E-state index is -0.982. The molecular formula is C13H15NO3S. The maximum Gasteiger partial charge on any atom is 0.328 e. The second-order valence-electron chi connectivity index (χ2n) is 4.55. The van der Waals surface area contributed by atoms with Crippen LogP contribution in [0.25, 0.3) is 6.08 Å². The molecule has 0 radical (unpaired) electrons. The number of aliphatic carboxylic acids is 1. The Morgan fingerprint density at radius 2 is 2.33 bits per heavy atom. The van der Waals surface area contributed by atoms with Crippen LogP contribution in [0.2, 0.25) is 0 Å². The molecule has 1 aromatic heterocycles. The van der Waals surface area contributed by atoms with Crippen LogP contribution in [-0.4, -0.2) is 35.0 Å². The van der Waals surface area contributed by atoms with Crippen molar-refractivity contribution in [3.8, 4) is 0 Å². The summed E-state index contributed by atoms with van der Waals surface area (Å²) in [6.45, 7) is 3.77. The summed E-state index contributed by atoms with van der Waals surface area (Å²) < 4.78 is 0.